The number of aliphatic imine (C=N–C) groups is 1. The summed E-state index contributed by atoms with van der Waals surface area (Å²) in [7, 11) is 1.50. The summed E-state index contributed by atoms with van der Waals surface area (Å²) in [4.78, 5) is 29.3. The highest BCUT2D eigenvalue weighted by Gasteiger charge is 2.39. The van der Waals surface area contributed by atoms with E-state index in [0.29, 0.717) is 4.55 Å². The highest BCUT2D eigenvalue weighted by atomic mass is 127. The van der Waals surface area contributed by atoms with Gasteiger partial charge in [0.25, 0.3) is 0 Å². The summed E-state index contributed by atoms with van der Waals surface area (Å²) in [6.45, 7) is 1.55. The zero-order chi connectivity index (χ0) is 11.6. The van der Waals surface area contributed by atoms with Gasteiger partial charge in [-0.25, -0.2) is 0 Å². The average Bonchev–Trinajstić information content (AvgIpc) is 2.24. The Morgan fingerprint density at radius 3 is 2.60 bits per heavy atom. The largest absolute Gasteiger partial charge is 0.284 e. The first-order valence-corrected chi connectivity index (χ1v) is 5.68. The lowest BCUT2D eigenvalue weighted by molar-refractivity contribution is -0.145. The smallest absolute Gasteiger partial charge is 0.242 e. The molecule has 7 heteroatoms. The molecule has 0 spiro atoms. The van der Waals surface area contributed by atoms with Crippen LogP contribution in [0.15, 0.2) is 4.99 Å². The van der Waals surface area contributed by atoms with Crippen molar-refractivity contribution < 1.29 is 9.59 Å². The molecule has 0 aromatic rings. The monoisotopic (exact) mass is 320 g/mol. The van der Waals surface area contributed by atoms with E-state index < -0.39 is 5.92 Å². The number of alkyl halides is 1. The van der Waals surface area contributed by atoms with Gasteiger partial charge >= 0.3 is 0 Å². The molecule has 0 radical (unpaired) electrons. The fraction of sp³-hybridized carbons (Fsp3) is 0.500. The molecule has 1 rings (SSSR count). The fourth-order valence-corrected chi connectivity index (χ4v) is 1.94. The summed E-state index contributed by atoms with van der Waals surface area (Å²) in [5.41, 5.74) is 0. The Balaban J connectivity index is 3.16. The second-order valence-electron chi connectivity index (χ2n) is 3.02. The summed E-state index contributed by atoms with van der Waals surface area (Å²) < 4.78 is 0.360. The van der Waals surface area contributed by atoms with Gasteiger partial charge in [-0.05, 0) is 6.92 Å². The topological polar surface area (TPSA) is 76.8 Å². The van der Waals surface area contributed by atoms with Gasteiger partial charge in [0.1, 0.15) is 5.92 Å². The van der Waals surface area contributed by atoms with Gasteiger partial charge in [-0.3, -0.25) is 19.4 Å². The predicted octanol–water partition coefficient (Wildman–Crippen LogP) is 0.153. The Bertz CT molecular complexity index is 373. The molecule has 0 aromatic heterocycles. The van der Waals surface area contributed by atoms with Crippen LogP contribution in [0.5, 0.6) is 0 Å². The molecule has 0 aliphatic carbocycles. The van der Waals surface area contributed by atoms with E-state index in [-0.39, 0.29) is 17.8 Å². The van der Waals surface area contributed by atoms with E-state index in [0.717, 1.165) is 0 Å². The van der Waals surface area contributed by atoms with Crippen LogP contribution in [-0.4, -0.2) is 39.2 Å². The molecular formula is C8H9IN4O2. The van der Waals surface area contributed by atoms with Gasteiger partial charge in [0.2, 0.25) is 24.0 Å². The van der Waals surface area contributed by atoms with E-state index in [1.807, 2.05) is 22.6 Å². The molecule has 0 N–H and O–H groups in total. The third-order valence-electron chi connectivity index (χ3n) is 2.15. The highest BCUT2D eigenvalue weighted by Crippen LogP contribution is 2.17. The van der Waals surface area contributed by atoms with E-state index in [9.17, 15) is 9.59 Å². The molecule has 1 atom stereocenters. The lowest BCUT2D eigenvalue weighted by Gasteiger charge is -2.35. The fourth-order valence-electron chi connectivity index (χ4n) is 1.30. The van der Waals surface area contributed by atoms with Crippen molar-refractivity contribution in [1.29, 1.82) is 5.26 Å². The van der Waals surface area contributed by atoms with Crippen LogP contribution in [0.2, 0.25) is 0 Å². The van der Waals surface area contributed by atoms with Gasteiger partial charge in [0.15, 0.2) is 0 Å². The Kier molecular flexibility index (Phi) is 3.62. The van der Waals surface area contributed by atoms with Crippen LogP contribution in [0.1, 0.15) is 6.92 Å². The first kappa shape index (κ1) is 11.9. The number of nitriles is 1. The van der Waals surface area contributed by atoms with E-state index in [4.69, 9.17) is 5.26 Å². The van der Waals surface area contributed by atoms with Gasteiger partial charge < -0.3 is 0 Å². The van der Waals surface area contributed by atoms with Crippen LogP contribution < -0.4 is 0 Å². The van der Waals surface area contributed by atoms with Gasteiger partial charge in [0.05, 0.1) is 4.55 Å². The zero-order valence-electron chi connectivity index (χ0n) is 8.27. The minimum atomic E-state index is -0.706. The maximum Gasteiger partial charge on any atom is 0.242 e. The second kappa shape index (κ2) is 4.57. The van der Waals surface area contributed by atoms with Gasteiger partial charge in [-0.15, -0.1) is 4.99 Å². The number of carbonyl (C=O) groups is 2. The normalized spacial score (nSPS) is 24.7. The zero-order valence-corrected chi connectivity index (χ0v) is 10.4. The molecule has 2 amide bonds. The maximum absolute atomic E-state index is 11.7. The molecule has 6 nitrogen and oxygen atoms in total. The number of hydrogen-bond acceptors (Lipinski definition) is 4. The van der Waals surface area contributed by atoms with Gasteiger partial charge in [0, 0.05) is 7.05 Å². The molecular weight excluding hydrogens is 311 g/mol. The van der Waals surface area contributed by atoms with Crippen LogP contribution >= 0.6 is 22.6 Å². The molecule has 1 aliphatic rings. The quantitative estimate of drug-likeness (QED) is 0.227. The molecule has 1 fully saturated rings. The Morgan fingerprint density at radius 1 is 1.53 bits per heavy atom. The Morgan fingerprint density at radius 2 is 2.13 bits per heavy atom. The SMILES string of the molecule is CC1C(=O)N(C)/C(=N/C#N)N(CI)C1=O. The first-order chi connectivity index (χ1) is 7.04. The molecule has 80 valence electrons. The summed E-state index contributed by atoms with van der Waals surface area (Å²) in [6.07, 6.45) is 1.58. The van der Waals surface area contributed by atoms with Crippen LogP contribution in [0.4, 0.5) is 0 Å². The molecule has 0 bridgehead atoms. The van der Waals surface area contributed by atoms with Crippen molar-refractivity contribution >= 4 is 40.4 Å². The molecule has 1 unspecified atom stereocenters. The minimum Gasteiger partial charge on any atom is -0.284 e. The second-order valence-corrected chi connectivity index (χ2v) is 3.70. The third-order valence-corrected chi connectivity index (χ3v) is 2.83. The van der Waals surface area contributed by atoms with Crippen LogP contribution in [0, 0.1) is 17.4 Å². The number of guanidine groups is 1. The number of halogens is 1. The first-order valence-electron chi connectivity index (χ1n) is 4.16. The van der Waals surface area contributed by atoms with Crippen molar-refractivity contribution in [2.24, 2.45) is 10.9 Å². The van der Waals surface area contributed by atoms with Crippen molar-refractivity contribution in [3.8, 4) is 6.19 Å². The summed E-state index contributed by atoms with van der Waals surface area (Å²) >= 11 is 1.98. The lowest BCUT2D eigenvalue weighted by atomic mass is 10.1. The molecule has 1 aliphatic heterocycles. The predicted molar refractivity (Wildman–Crippen MR) is 60.7 cm³/mol. The standard InChI is InChI=1S/C8H9IN4O2/c1-5-6(14)12(2)8(11-4-10)13(3-9)7(5)15/h5H,3H2,1-2H3/b11-8-. The summed E-state index contributed by atoms with van der Waals surface area (Å²) in [5, 5.41) is 8.47. The van der Waals surface area contributed by atoms with Gasteiger partial charge in [-0.1, -0.05) is 22.6 Å². The highest BCUT2D eigenvalue weighted by molar-refractivity contribution is 14.1. The van der Waals surface area contributed by atoms with Crippen LogP contribution in [0.25, 0.3) is 0 Å². The molecule has 1 saturated heterocycles. The molecule has 0 aromatic carbocycles. The van der Waals surface area contributed by atoms with Crippen molar-refractivity contribution in [1.82, 2.24) is 9.80 Å². The summed E-state index contributed by atoms with van der Waals surface area (Å²) in [6, 6.07) is 0. The number of hydrogen-bond donors (Lipinski definition) is 0. The van der Waals surface area contributed by atoms with E-state index in [2.05, 4.69) is 4.99 Å². The number of amides is 2. The third kappa shape index (κ3) is 1.94. The van der Waals surface area contributed by atoms with Crippen molar-refractivity contribution in [3.63, 3.8) is 0 Å². The molecule has 0 saturated carbocycles. The number of carbonyl (C=O) groups excluding carboxylic acids is 2. The summed E-state index contributed by atoms with van der Waals surface area (Å²) in [5.74, 6) is -1.26. The van der Waals surface area contributed by atoms with Crippen LogP contribution in [-0.2, 0) is 9.59 Å². The Hall–Kier alpha value is -1.17. The van der Waals surface area contributed by atoms with Crippen molar-refractivity contribution in [2.45, 2.75) is 6.92 Å². The Labute approximate surface area is 101 Å². The van der Waals surface area contributed by atoms with Gasteiger partial charge in [-0.2, -0.15) is 5.26 Å². The van der Waals surface area contributed by atoms with E-state index in [1.54, 1.807) is 13.1 Å². The minimum absolute atomic E-state index is 0.0972. The average molecular weight is 320 g/mol. The number of rotatable bonds is 1. The van der Waals surface area contributed by atoms with Crippen molar-refractivity contribution in [2.75, 3.05) is 11.6 Å². The maximum atomic E-state index is 11.7. The van der Waals surface area contributed by atoms with E-state index in [1.165, 1.54) is 16.8 Å². The van der Waals surface area contributed by atoms with Crippen LogP contribution in [0.3, 0.4) is 0 Å². The molecule has 15 heavy (non-hydrogen) atoms. The number of nitrogens with zero attached hydrogens (tertiary/aromatic N) is 4. The molecule has 1 heterocycles. The lowest BCUT2D eigenvalue weighted by Crippen LogP contribution is -2.57. The van der Waals surface area contributed by atoms with Crippen molar-refractivity contribution in [3.05, 3.63) is 0 Å². The van der Waals surface area contributed by atoms with E-state index >= 15 is 0 Å².